The van der Waals surface area contributed by atoms with Crippen LogP contribution < -0.4 is 4.90 Å². The first-order valence-corrected chi connectivity index (χ1v) is 7.25. The number of benzene rings is 1. The van der Waals surface area contributed by atoms with Crippen LogP contribution in [0.3, 0.4) is 0 Å². The number of amides is 2. The predicted octanol–water partition coefficient (Wildman–Crippen LogP) is 2.16. The van der Waals surface area contributed by atoms with Crippen molar-refractivity contribution in [2.45, 2.75) is 0 Å². The molecule has 100 valence electrons. The van der Waals surface area contributed by atoms with E-state index in [9.17, 15) is 9.59 Å². The Morgan fingerprint density at radius 1 is 1.47 bits per heavy atom. The highest BCUT2D eigenvalue weighted by Gasteiger charge is 2.29. The zero-order valence-electron chi connectivity index (χ0n) is 10.1. The first kappa shape index (κ1) is 14.3. The van der Waals surface area contributed by atoms with Gasteiger partial charge in [-0.15, -0.1) is 0 Å². The number of thioether (sulfide) groups is 1. The monoisotopic (exact) mass is 314 g/mol. The second kappa shape index (κ2) is 5.90. The first-order valence-electron chi connectivity index (χ1n) is 5.48. The topological polar surface area (TPSA) is 40.6 Å². The van der Waals surface area contributed by atoms with E-state index in [0.29, 0.717) is 15.1 Å². The Balaban J connectivity index is 2.05. The fourth-order valence-corrected chi connectivity index (χ4v) is 2.78. The van der Waals surface area contributed by atoms with Gasteiger partial charge in [0, 0.05) is 17.8 Å². The van der Waals surface area contributed by atoms with Gasteiger partial charge < -0.3 is 4.90 Å². The summed E-state index contributed by atoms with van der Waals surface area (Å²) in [5.74, 6) is 0.00456. The lowest BCUT2D eigenvalue weighted by atomic mass is 10.3. The van der Waals surface area contributed by atoms with Gasteiger partial charge in [0.25, 0.3) is 0 Å². The fourth-order valence-electron chi connectivity index (χ4n) is 1.58. The molecular formula is C12H11ClN2O2S2. The molecule has 0 N–H and O–H groups in total. The summed E-state index contributed by atoms with van der Waals surface area (Å²) in [7, 11) is 1.66. The van der Waals surface area contributed by atoms with Crippen LogP contribution in [0.4, 0.5) is 5.69 Å². The number of carbonyl (C=O) groups is 2. The number of anilines is 1. The number of hydrogen-bond donors (Lipinski definition) is 0. The van der Waals surface area contributed by atoms with Crippen molar-refractivity contribution in [2.24, 2.45) is 0 Å². The van der Waals surface area contributed by atoms with Crippen LogP contribution in [0.15, 0.2) is 24.3 Å². The summed E-state index contributed by atoms with van der Waals surface area (Å²) in [5.41, 5.74) is 0.722. The molecule has 0 aliphatic carbocycles. The van der Waals surface area contributed by atoms with Crippen LogP contribution in [0.1, 0.15) is 0 Å². The summed E-state index contributed by atoms with van der Waals surface area (Å²) in [6.45, 7) is -0.0240. The normalized spacial score (nSPS) is 14.9. The predicted molar refractivity (Wildman–Crippen MR) is 81.6 cm³/mol. The van der Waals surface area contributed by atoms with E-state index in [0.717, 1.165) is 5.69 Å². The fraction of sp³-hybridized carbons (Fsp3) is 0.250. The van der Waals surface area contributed by atoms with Gasteiger partial charge in [0.05, 0.1) is 5.75 Å². The standard InChI is InChI=1S/C12H11ClN2O2S2/c1-14(9-4-2-8(13)3-5-9)10(16)6-15-11(17)7-19-12(15)18/h2-5H,6-7H2,1H3. The van der Waals surface area contributed by atoms with Crippen molar-refractivity contribution in [2.75, 3.05) is 24.2 Å². The molecular weight excluding hydrogens is 304 g/mol. The Bertz CT molecular complexity index is 517. The summed E-state index contributed by atoms with van der Waals surface area (Å²) in [6.07, 6.45) is 0. The molecule has 0 aromatic heterocycles. The van der Waals surface area contributed by atoms with Gasteiger partial charge in [0.2, 0.25) is 11.8 Å². The maximum absolute atomic E-state index is 12.1. The lowest BCUT2D eigenvalue weighted by Crippen LogP contribution is -2.40. The zero-order valence-corrected chi connectivity index (χ0v) is 12.5. The van der Waals surface area contributed by atoms with Gasteiger partial charge in [-0.05, 0) is 24.3 Å². The van der Waals surface area contributed by atoms with Crippen molar-refractivity contribution in [3.63, 3.8) is 0 Å². The average molecular weight is 315 g/mol. The molecule has 1 heterocycles. The molecule has 1 aromatic rings. The van der Waals surface area contributed by atoms with Crippen molar-refractivity contribution in [3.05, 3.63) is 29.3 Å². The summed E-state index contributed by atoms with van der Waals surface area (Å²) in [5, 5.41) is 0.608. The van der Waals surface area contributed by atoms with Crippen LogP contribution in [0, 0.1) is 0 Å². The molecule has 0 radical (unpaired) electrons. The van der Waals surface area contributed by atoms with E-state index in [1.807, 2.05) is 0 Å². The first-order chi connectivity index (χ1) is 8.99. The third-order valence-electron chi connectivity index (χ3n) is 2.72. The van der Waals surface area contributed by atoms with E-state index < -0.39 is 0 Å². The van der Waals surface area contributed by atoms with Gasteiger partial charge >= 0.3 is 0 Å². The van der Waals surface area contributed by atoms with Crippen molar-refractivity contribution < 1.29 is 9.59 Å². The molecule has 0 unspecified atom stereocenters. The Labute approximate surface area is 125 Å². The van der Waals surface area contributed by atoms with Gasteiger partial charge in [-0.25, -0.2) is 0 Å². The number of rotatable bonds is 3. The Morgan fingerprint density at radius 3 is 2.63 bits per heavy atom. The Kier molecular flexibility index (Phi) is 4.44. The maximum atomic E-state index is 12.1. The number of nitrogens with zero attached hydrogens (tertiary/aromatic N) is 2. The van der Waals surface area contributed by atoms with Crippen LogP contribution in [-0.2, 0) is 9.59 Å². The Morgan fingerprint density at radius 2 is 2.11 bits per heavy atom. The minimum absolute atomic E-state index is 0.0240. The lowest BCUT2D eigenvalue weighted by molar-refractivity contribution is -0.128. The molecule has 0 spiro atoms. The second-order valence-electron chi connectivity index (χ2n) is 3.96. The van der Waals surface area contributed by atoms with Crippen molar-refractivity contribution in [1.29, 1.82) is 0 Å². The summed E-state index contributed by atoms with van der Waals surface area (Å²) < 4.78 is 0.461. The molecule has 2 amide bonds. The molecule has 4 nitrogen and oxygen atoms in total. The van der Waals surface area contributed by atoms with E-state index in [1.54, 1.807) is 31.3 Å². The van der Waals surface area contributed by atoms with Crippen LogP contribution in [-0.4, -0.2) is 40.4 Å². The maximum Gasteiger partial charge on any atom is 0.246 e. The highest BCUT2D eigenvalue weighted by molar-refractivity contribution is 8.23. The summed E-state index contributed by atoms with van der Waals surface area (Å²) in [4.78, 5) is 26.5. The van der Waals surface area contributed by atoms with Gasteiger partial charge in [0.15, 0.2) is 0 Å². The highest BCUT2D eigenvalue weighted by atomic mass is 35.5. The number of halogens is 1. The van der Waals surface area contributed by atoms with E-state index in [1.165, 1.54) is 21.6 Å². The number of thiocarbonyl (C=S) groups is 1. The number of carbonyl (C=O) groups excluding carboxylic acids is 2. The smallest absolute Gasteiger partial charge is 0.246 e. The molecule has 1 fully saturated rings. The van der Waals surface area contributed by atoms with Crippen molar-refractivity contribution >= 4 is 57.4 Å². The summed E-state index contributed by atoms with van der Waals surface area (Å²) >= 11 is 12.1. The molecule has 0 atom stereocenters. The molecule has 19 heavy (non-hydrogen) atoms. The average Bonchev–Trinajstić information content (AvgIpc) is 2.70. The van der Waals surface area contributed by atoms with Crippen LogP contribution in [0.25, 0.3) is 0 Å². The summed E-state index contributed by atoms with van der Waals surface area (Å²) in [6, 6.07) is 6.92. The SMILES string of the molecule is CN(C(=O)CN1C(=O)CSC1=S)c1ccc(Cl)cc1. The lowest BCUT2D eigenvalue weighted by Gasteiger charge is -2.21. The molecule has 1 aliphatic heterocycles. The quantitative estimate of drug-likeness (QED) is 0.802. The van der Waals surface area contributed by atoms with E-state index in [-0.39, 0.29) is 18.4 Å². The second-order valence-corrected chi connectivity index (χ2v) is 6.01. The molecule has 0 bridgehead atoms. The number of hydrogen-bond acceptors (Lipinski definition) is 4. The van der Waals surface area contributed by atoms with E-state index in [2.05, 4.69) is 0 Å². The highest BCUT2D eigenvalue weighted by Crippen LogP contribution is 2.21. The molecule has 7 heteroatoms. The minimum Gasteiger partial charge on any atom is -0.314 e. The number of likely N-dealkylation sites (N-methyl/N-ethyl adjacent to an activating group) is 1. The van der Waals surface area contributed by atoms with Crippen LogP contribution >= 0.6 is 35.6 Å². The third-order valence-corrected chi connectivity index (χ3v) is 4.41. The van der Waals surface area contributed by atoms with Gasteiger partial charge in [-0.3, -0.25) is 14.5 Å². The van der Waals surface area contributed by atoms with Crippen LogP contribution in [0.5, 0.6) is 0 Å². The molecule has 2 rings (SSSR count). The molecule has 0 saturated carbocycles. The van der Waals surface area contributed by atoms with Crippen LogP contribution in [0.2, 0.25) is 5.02 Å². The minimum atomic E-state index is -0.194. The van der Waals surface area contributed by atoms with Crippen molar-refractivity contribution in [1.82, 2.24) is 4.90 Å². The Hall–Kier alpha value is -1.11. The molecule has 1 aromatic carbocycles. The third kappa shape index (κ3) is 3.26. The van der Waals surface area contributed by atoms with Gasteiger partial charge in [-0.2, -0.15) is 0 Å². The molecule has 1 saturated heterocycles. The molecule has 1 aliphatic rings. The van der Waals surface area contributed by atoms with Gasteiger partial charge in [-0.1, -0.05) is 35.6 Å². The zero-order chi connectivity index (χ0) is 14.0. The van der Waals surface area contributed by atoms with Crippen molar-refractivity contribution in [3.8, 4) is 0 Å². The van der Waals surface area contributed by atoms with E-state index in [4.69, 9.17) is 23.8 Å². The largest absolute Gasteiger partial charge is 0.314 e. The van der Waals surface area contributed by atoms with Gasteiger partial charge in [0.1, 0.15) is 10.9 Å². The van der Waals surface area contributed by atoms with E-state index >= 15 is 0 Å².